The highest BCUT2D eigenvalue weighted by atomic mass is 16.3. The predicted molar refractivity (Wildman–Crippen MR) is 85.8 cm³/mol. The van der Waals surface area contributed by atoms with E-state index < -0.39 is 0 Å². The lowest BCUT2D eigenvalue weighted by atomic mass is 9.87. The van der Waals surface area contributed by atoms with Crippen LogP contribution in [-0.4, -0.2) is 35.2 Å². The fourth-order valence-electron chi connectivity index (χ4n) is 4.13. The lowest BCUT2D eigenvalue weighted by molar-refractivity contribution is 0.0345. The van der Waals surface area contributed by atoms with Crippen molar-refractivity contribution in [3.05, 3.63) is 0 Å². The molecule has 2 fully saturated rings. The van der Waals surface area contributed by atoms with Crippen molar-refractivity contribution in [3.8, 4) is 6.07 Å². The average Bonchev–Trinajstić information content (AvgIpc) is 2.90. The van der Waals surface area contributed by atoms with Crippen LogP contribution in [-0.2, 0) is 0 Å². The van der Waals surface area contributed by atoms with E-state index in [0.717, 1.165) is 25.8 Å². The van der Waals surface area contributed by atoms with E-state index in [0.29, 0.717) is 12.0 Å². The molecule has 21 heavy (non-hydrogen) atoms. The molecule has 1 saturated heterocycles. The van der Waals surface area contributed by atoms with Crippen LogP contribution in [0.1, 0.15) is 71.6 Å². The first-order chi connectivity index (χ1) is 10.0. The van der Waals surface area contributed by atoms with Crippen molar-refractivity contribution in [2.24, 2.45) is 11.3 Å². The van der Waals surface area contributed by atoms with Gasteiger partial charge in [-0.05, 0) is 65.5 Å². The minimum absolute atomic E-state index is 0.0619. The van der Waals surface area contributed by atoms with E-state index >= 15 is 0 Å². The van der Waals surface area contributed by atoms with Gasteiger partial charge in [-0.25, -0.2) is 0 Å². The van der Waals surface area contributed by atoms with Crippen LogP contribution in [0.2, 0.25) is 0 Å². The molecule has 0 aromatic carbocycles. The van der Waals surface area contributed by atoms with Crippen molar-refractivity contribution >= 4 is 0 Å². The lowest BCUT2D eigenvalue weighted by Crippen LogP contribution is -2.46. The molecule has 2 rings (SSSR count). The van der Waals surface area contributed by atoms with Crippen molar-refractivity contribution < 1.29 is 5.11 Å². The first kappa shape index (κ1) is 16.8. The number of hydrogen-bond acceptors (Lipinski definition) is 3. The highest BCUT2D eigenvalue weighted by Crippen LogP contribution is 2.35. The molecule has 0 radical (unpaired) electrons. The van der Waals surface area contributed by atoms with E-state index in [1.807, 2.05) is 13.8 Å². The monoisotopic (exact) mass is 292 g/mol. The number of unbranched alkanes of at least 4 members (excludes halogenated alkanes) is 1. The van der Waals surface area contributed by atoms with Gasteiger partial charge in [0.15, 0.2) is 0 Å². The second kappa shape index (κ2) is 7.61. The predicted octanol–water partition coefficient (Wildman–Crippen LogP) is 3.72. The molecule has 0 amide bonds. The van der Waals surface area contributed by atoms with Gasteiger partial charge in [-0.15, -0.1) is 0 Å². The SMILES string of the molecule is CC(C)(C#N)CCCCN1CCCCC1C1CCCC1O. The Hall–Kier alpha value is -0.590. The van der Waals surface area contributed by atoms with E-state index in [9.17, 15) is 5.11 Å². The lowest BCUT2D eigenvalue weighted by Gasteiger charge is -2.40. The van der Waals surface area contributed by atoms with Gasteiger partial charge in [0.1, 0.15) is 0 Å². The molecular weight excluding hydrogens is 260 g/mol. The summed E-state index contributed by atoms with van der Waals surface area (Å²) >= 11 is 0. The minimum atomic E-state index is -0.178. The average molecular weight is 292 g/mol. The Kier molecular flexibility index (Phi) is 6.08. The summed E-state index contributed by atoms with van der Waals surface area (Å²) < 4.78 is 0. The summed E-state index contributed by atoms with van der Waals surface area (Å²) in [6.45, 7) is 6.42. The van der Waals surface area contributed by atoms with Crippen molar-refractivity contribution in [3.63, 3.8) is 0 Å². The zero-order valence-corrected chi connectivity index (χ0v) is 13.9. The standard InChI is InChI=1S/C18H32N2O/c1-18(2,14-19)11-4-6-13-20-12-5-3-9-16(20)15-8-7-10-17(15)21/h15-17,21H,3-13H2,1-2H3. The van der Waals surface area contributed by atoms with Gasteiger partial charge in [-0.3, -0.25) is 0 Å². The number of aliphatic hydroxyl groups excluding tert-OH is 1. The summed E-state index contributed by atoms with van der Waals surface area (Å²) in [4.78, 5) is 2.64. The van der Waals surface area contributed by atoms with Crippen molar-refractivity contribution in [1.82, 2.24) is 4.90 Å². The first-order valence-corrected chi connectivity index (χ1v) is 8.87. The molecule has 0 spiro atoms. The van der Waals surface area contributed by atoms with Gasteiger partial charge in [-0.1, -0.05) is 19.3 Å². The Bertz CT molecular complexity index is 361. The summed E-state index contributed by atoms with van der Waals surface area (Å²) in [5.41, 5.74) is -0.178. The normalized spacial score (nSPS) is 31.2. The Morgan fingerprint density at radius 1 is 1.14 bits per heavy atom. The Labute approximate surface area is 130 Å². The number of nitriles is 1. The zero-order chi connectivity index (χ0) is 15.3. The molecule has 3 nitrogen and oxygen atoms in total. The Morgan fingerprint density at radius 3 is 2.62 bits per heavy atom. The van der Waals surface area contributed by atoms with E-state index in [1.54, 1.807) is 0 Å². The number of aliphatic hydroxyl groups is 1. The quantitative estimate of drug-likeness (QED) is 0.759. The molecule has 2 aliphatic rings. The van der Waals surface area contributed by atoms with E-state index in [1.165, 1.54) is 45.1 Å². The topological polar surface area (TPSA) is 47.3 Å². The van der Waals surface area contributed by atoms with Gasteiger partial charge in [-0.2, -0.15) is 5.26 Å². The maximum absolute atomic E-state index is 10.2. The third-order valence-corrected chi connectivity index (χ3v) is 5.49. The number of hydrogen-bond donors (Lipinski definition) is 1. The van der Waals surface area contributed by atoms with Gasteiger partial charge in [0.05, 0.1) is 17.6 Å². The van der Waals surface area contributed by atoms with Crippen LogP contribution in [0.15, 0.2) is 0 Å². The number of piperidine rings is 1. The molecule has 1 aliphatic heterocycles. The minimum Gasteiger partial charge on any atom is -0.393 e. The third-order valence-electron chi connectivity index (χ3n) is 5.49. The molecular formula is C18H32N2O. The number of nitrogens with zero attached hydrogens (tertiary/aromatic N) is 2. The van der Waals surface area contributed by atoms with Crippen molar-refractivity contribution in [2.75, 3.05) is 13.1 Å². The molecule has 1 N–H and O–H groups in total. The highest BCUT2D eigenvalue weighted by Gasteiger charge is 2.36. The van der Waals surface area contributed by atoms with Crippen LogP contribution >= 0.6 is 0 Å². The molecule has 1 heterocycles. The summed E-state index contributed by atoms with van der Waals surface area (Å²) in [7, 11) is 0. The van der Waals surface area contributed by atoms with Crippen molar-refractivity contribution in [1.29, 1.82) is 5.26 Å². The van der Waals surface area contributed by atoms with Gasteiger partial charge in [0, 0.05) is 12.0 Å². The molecule has 0 bridgehead atoms. The molecule has 0 aromatic heterocycles. The van der Waals surface area contributed by atoms with E-state index in [-0.39, 0.29) is 11.5 Å². The highest BCUT2D eigenvalue weighted by molar-refractivity contribution is 4.92. The molecule has 3 unspecified atom stereocenters. The summed E-state index contributed by atoms with van der Waals surface area (Å²) in [5.74, 6) is 0.515. The zero-order valence-electron chi connectivity index (χ0n) is 13.9. The van der Waals surface area contributed by atoms with Crippen LogP contribution in [0.3, 0.4) is 0 Å². The molecule has 3 atom stereocenters. The van der Waals surface area contributed by atoms with E-state index in [2.05, 4.69) is 11.0 Å². The Morgan fingerprint density at radius 2 is 1.95 bits per heavy atom. The molecule has 1 saturated carbocycles. The second-order valence-corrected chi connectivity index (χ2v) is 7.71. The van der Waals surface area contributed by atoms with Gasteiger partial charge in [0.25, 0.3) is 0 Å². The Balaban J connectivity index is 1.78. The van der Waals surface area contributed by atoms with E-state index in [4.69, 9.17) is 5.26 Å². The number of likely N-dealkylation sites (tertiary alicyclic amines) is 1. The molecule has 3 heteroatoms. The maximum Gasteiger partial charge on any atom is 0.0683 e. The number of rotatable bonds is 6. The smallest absolute Gasteiger partial charge is 0.0683 e. The van der Waals surface area contributed by atoms with Crippen LogP contribution < -0.4 is 0 Å². The van der Waals surface area contributed by atoms with Crippen LogP contribution in [0, 0.1) is 22.7 Å². The van der Waals surface area contributed by atoms with Crippen LogP contribution in [0.5, 0.6) is 0 Å². The van der Waals surface area contributed by atoms with Gasteiger partial charge < -0.3 is 10.0 Å². The summed E-state index contributed by atoms with van der Waals surface area (Å²) in [6.07, 6.45) is 10.6. The third kappa shape index (κ3) is 4.69. The maximum atomic E-state index is 10.2. The summed E-state index contributed by atoms with van der Waals surface area (Å²) in [5, 5.41) is 19.3. The van der Waals surface area contributed by atoms with Gasteiger partial charge in [0.2, 0.25) is 0 Å². The van der Waals surface area contributed by atoms with Crippen LogP contribution in [0.4, 0.5) is 0 Å². The molecule has 120 valence electrons. The molecule has 0 aromatic rings. The fraction of sp³-hybridized carbons (Fsp3) is 0.944. The van der Waals surface area contributed by atoms with Crippen LogP contribution in [0.25, 0.3) is 0 Å². The summed E-state index contributed by atoms with van der Waals surface area (Å²) in [6, 6.07) is 3.00. The first-order valence-electron chi connectivity index (χ1n) is 8.87. The van der Waals surface area contributed by atoms with Crippen molar-refractivity contribution in [2.45, 2.75) is 83.8 Å². The fourth-order valence-corrected chi connectivity index (χ4v) is 4.13. The second-order valence-electron chi connectivity index (χ2n) is 7.71. The molecule has 1 aliphatic carbocycles. The largest absolute Gasteiger partial charge is 0.393 e. The van der Waals surface area contributed by atoms with Gasteiger partial charge >= 0.3 is 0 Å².